The number of rotatable bonds is 6. The fourth-order valence-electron chi connectivity index (χ4n) is 2.11. The molecule has 0 aliphatic rings. The molecule has 2 aromatic carbocycles. The molecule has 0 amide bonds. The number of halogens is 1. The first kappa shape index (κ1) is 16.6. The van der Waals surface area contributed by atoms with Gasteiger partial charge in [-0.15, -0.1) is 0 Å². The van der Waals surface area contributed by atoms with Crippen LogP contribution < -0.4 is 4.74 Å². The molecule has 0 N–H and O–H groups in total. The van der Waals surface area contributed by atoms with Gasteiger partial charge in [0.05, 0.1) is 0 Å². The summed E-state index contributed by atoms with van der Waals surface area (Å²) in [4.78, 5) is 16.1. The summed E-state index contributed by atoms with van der Waals surface area (Å²) in [7, 11) is 0. The molecule has 25 heavy (non-hydrogen) atoms. The number of carbonyl (C=O) groups is 1. The Balaban J connectivity index is 1.58. The van der Waals surface area contributed by atoms with Gasteiger partial charge in [-0.25, -0.2) is 4.39 Å². The standard InChI is InChI=1S/C19H15FN2O3/c1-13-21-19(22-25-13)12-24-17-9-2-14(3-10-17)4-11-18(23)15-5-7-16(20)8-6-15/h2-11H,12H2,1H3. The molecule has 1 heterocycles. The lowest BCUT2D eigenvalue weighted by Gasteiger charge is -2.03. The number of ketones is 1. The van der Waals surface area contributed by atoms with Gasteiger partial charge in [0.2, 0.25) is 11.7 Å². The van der Waals surface area contributed by atoms with E-state index in [9.17, 15) is 9.18 Å². The molecule has 0 saturated carbocycles. The van der Waals surface area contributed by atoms with E-state index in [2.05, 4.69) is 10.1 Å². The van der Waals surface area contributed by atoms with Crippen LogP contribution in [0.4, 0.5) is 4.39 Å². The van der Waals surface area contributed by atoms with Crippen molar-refractivity contribution in [1.29, 1.82) is 0 Å². The maximum Gasteiger partial charge on any atom is 0.223 e. The van der Waals surface area contributed by atoms with E-state index in [0.29, 0.717) is 23.0 Å². The topological polar surface area (TPSA) is 65.2 Å². The van der Waals surface area contributed by atoms with Crippen LogP contribution in [0.2, 0.25) is 0 Å². The van der Waals surface area contributed by atoms with E-state index >= 15 is 0 Å². The van der Waals surface area contributed by atoms with Crippen LogP contribution in [0.15, 0.2) is 59.1 Å². The second kappa shape index (κ2) is 7.53. The largest absolute Gasteiger partial charge is 0.485 e. The minimum Gasteiger partial charge on any atom is -0.485 e. The van der Waals surface area contributed by atoms with Crippen molar-refractivity contribution < 1.29 is 18.4 Å². The highest BCUT2D eigenvalue weighted by atomic mass is 19.1. The van der Waals surface area contributed by atoms with Crippen LogP contribution in [-0.4, -0.2) is 15.9 Å². The van der Waals surface area contributed by atoms with E-state index in [1.54, 1.807) is 25.1 Å². The lowest BCUT2D eigenvalue weighted by atomic mass is 10.1. The van der Waals surface area contributed by atoms with E-state index in [1.807, 2.05) is 12.1 Å². The monoisotopic (exact) mass is 338 g/mol. The average molecular weight is 338 g/mol. The van der Waals surface area contributed by atoms with Gasteiger partial charge in [-0.2, -0.15) is 4.98 Å². The molecule has 1 aromatic heterocycles. The molecular weight excluding hydrogens is 323 g/mol. The van der Waals surface area contributed by atoms with Crippen LogP contribution in [0.25, 0.3) is 6.08 Å². The Kier molecular flexibility index (Phi) is 4.99. The number of hydrogen-bond donors (Lipinski definition) is 0. The first-order chi connectivity index (χ1) is 12.1. The van der Waals surface area contributed by atoms with Gasteiger partial charge in [-0.1, -0.05) is 23.4 Å². The molecule has 0 fully saturated rings. The van der Waals surface area contributed by atoms with Crippen molar-refractivity contribution in [2.45, 2.75) is 13.5 Å². The fraction of sp³-hybridized carbons (Fsp3) is 0.105. The van der Waals surface area contributed by atoms with Gasteiger partial charge < -0.3 is 9.26 Å². The molecular formula is C19H15FN2O3. The minimum atomic E-state index is -0.368. The van der Waals surface area contributed by atoms with Gasteiger partial charge in [0.1, 0.15) is 11.6 Å². The summed E-state index contributed by atoms with van der Waals surface area (Å²) in [6, 6.07) is 12.7. The van der Waals surface area contributed by atoms with Gasteiger partial charge in [0.15, 0.2) is 12.4 Å². The van der Waals surface area contributed by atoms with Crippen LogP contribution in [0, 0.1) is 12.7 Å². The Bertz CT molecular complexity index is 884. The van der Waals surface area contributed by atoms with Gasteiger partial charge in [-0.3, -0.25) is 4.79 Å². The van der Waals surface area contributed by atoms with Crippen LogP contribution in [-0.2, 0) is 6.61 Å². The highest BCUT2D eigenvalue weighted by Gasteiger charge is 2.04. The molecule has 3 aromatic rings. The molecule has 5 nitrogen and oxygen atoms in total. The van der Waals surface area contributed by atoms with E-state index in [1.165, 1.54) is 30.3 Å². The SMILES string of the molecule is Cc1nc(COc2ccc(C=CC(=O)c3ccc(F)cc3)cc2)no1. The Morgan fingerprint density at radius 1 is 1.16 bits per heavy atom. The van der Waals surface area contributed by atoms with E-state index < -0.39 is 0 Å². The number of aromatic nitrogens is 2. The van der Waals surface area contributed by atoms with Crippen molar-refractivity contribution in [3.8, 4) is 5.75 Å². The van der Waals surface area contributed by atoms with Crippen LogP contribution >= 0.6 is 0 Å². The predicted octanol–water partition coefficient (Wildman–Crippen LogP) is 3.99. The molecule has 0 spiro atoms. The number of hydrogen-bond acceptors (Lipinski definition) is 5. The molecule has 0 aliphatic heterocycles. The summed E-state index contributed by atoms with van der Waals surface area (Å²) in [5.41, 5.74) is 1.28. The number of allylic oxidation sites excluding steroid dienone is 1. The van der Waals surface area contributed by atoms with Crippen molar-refractivity contribution in [1.82, 2.24) is 10.1 Å². The Morgan fingerprint density at radius 3 is 2.52 bits per heavy atom. The second-order valence-corrected chi connectivity index (χ2v) is 5.29. The molecule has 0 radical (unpaired) electrons. The number of ether oxygens (including phenoxy) is 1. The third-order valence-electron chi connectivity index (χ3n) is 3.37. The number of aryl methyl sites for hydroxylation is 1. The molecule has 126 valence electrons. The zero-order valence-corrected chi connectivity index (χ0v) is 13.5. The first-order valence-corrected chi connectivity index (χ1v) is 7.60. The number of nitrogens with zero attached hydrogens (tertiary/aromatic N) is 2. The maximum atomic E-state index is 12.9. The van der Waals surface area contributed by atoms with E-state index in [-0.39, 0.29) is 18.2 Å². The molecule has 0 bridgehead atoms. The summed E-state index contributed by atoms with van der Waals surface area (Å²) in [5.74, 6) is 1.07. The van der Waals surface area contributed by atoms with Crippen molar-refractivity contribution in [3.05, 3.63) is 83.3 Å². The maximum absolute atomic E-state index is 12.9. The average Bonchev–Trinajstić information content (AvgIpc) is 3.05. The van der Waals surface area contributed by atoms with Gasteiger partial charge in [0.25, 0.3) is 0 Å². The summed E-state index contributed by atoms with van der Waals surface area (Å²) >= 11 is 0. The van der Waals surface area contributed by atoms with Crippen molar-refractivity contribution in [2.75, 3.05) is 0 Å². The third-order valence-corrected chi connectivity index (χ3v) is 3.37. The van der Waals surface area contributed by atoms with Gasteiger partial charge in [-0.05, 0) is 48.0 Å². The molecule has 3 rings (SSSR count). The third kappa shape index (κ3) is 4.60. The summed E-state index contributed by atoms with van der Waals surface area (Å²) < 4.78 is 23.3. The Morgan fingerprint density at radius 2 is 1.88 bits per heavy atom. The van der Waals surface area contributed by atoms with Crippen LogP contribution in [0.1, 0.15) is 27.6 Å². The zero-order valence-electron chi connectivity index (χ0n) is 13.5. The molecule has 0 aliphatic carbocycles. The lowest BCUT2D eigenvalue weighted by Crippen LogP contribution is -1.97. The van der Waals surface area contributed by atoms with Crippen molar-refractivity contribution >= 4 is 11.9 Å². The second-order valence-electron chi connectivity index (χ2n) is 5.29. The highest BCUT2D eigenvalue weighted by Crippen LogP contribution is 2.15. The van der Waals surface area contributed by atoms with E-state index in [0.717, 1.165) is 5.56 Å². The number of benzene rings is 2. The highest BCUT2D eigenvalue weighted by molar-refractivity contribution is 6.06. The van der Waals surface area contributed by atoms with Crippen molar-refractivity contribution in [3.63, 3.8) is 0 Å². The van der Waals surface area contributed by atoms with Crippen molar-refractivity contribution in [2.24, 2.45) is 0 Å². The Hall–Kier alpha value is -3.28. The van der Waals surface area contributed by atoms with E-state index in [4.69, 9.17) is 9.26 Å². The van der Waals surface area contributed by atoms with Crippen LogP contribution in [0.5, 0.6) is 5.75 Å². The summed E-state index contributed by atoms with van der Waals surface area (Å²) in [5, 5.41) is 3.75. The Labute approximate surface area is 143 Å². The smallest absolute Gasteiger partial charge is 0.223 e. The van der Waals surface area contributed by atoms with Gasteiger partial charge in [0, 0.05) is 12.5 Å². The number of carbonyl (C=O) groups excluding carboxylic acids is 1. The fourth-order valence-corrected chi connectivity index (χ4v) is 2.11. The molecule has 0 atom stereocenters. The van der Waals surface area contributed by atoms with Crippen LogP contribution in [0.3, 0.4) is 0 Å². The molecule has 0 unspecified atom stereocenters. The minimum absolute atomic E-state index is 0.187. The summed E-state index contributed by atoms with van der Waals surface area (Å²) in [6.07, 6.45) is 3.14. The lowest BCUT2D eigenvalue weighted by molar-refractivity contribution is 0.104. The summed E-state index contributed by atoms with van der Waals surface area (Å²) in [6.45, 7) is 1.93. The normalized spacial score (nSPS) is 11.0. The first-order valence-electron chi connectivity index (χ1n) is 7.60. The quantitative estimate of drug-likeness (QED) is 0.502. The molecule has 0 saturated heterocycles. The molecule has 6 heteroatoms. The predicted molar refractivity (Wildman–Crippen MR) is 89.6 cm³/mol. The van der Waals surface area contributed by atoms with Gasteiger partial charge >= 0.3 is 0 Å². The zero-order chi connectivity index (χ0) is 17.6.